The van der Waals surface area contributed by atoms with Gasteiger partial charge in [-0.25, -0.2) is 0 Å². The molecule has 0 aromatic heterocycles. The lowest BCUT2D eigenvalue weighted by atomic mass is 10.1. The number of hydrogen-bond acceptors (Lipinski definition) is 3. The molecule has 0 N–H and O–H groups in total. The van der Waals surface area contributed by atoms with E-state index in [1.807, 2.05) is 60.7 Å². The molecular formula is C16H10BrO3P. The lowest BCUT2D eigenvalue weighted by Gasteiger charge is -2.24. The molecule has 1 aliphatic rings. The summed E-state index contributed by atoms with van der Waals surface area (Å²) >= 11 is 3.40. The Morgan fingerprint density at radius 1 is 0.810 bits per heavy atom. The second-order valence-corrected chi connectivity index (χ2v) is 6.47. The molecule has 0 radical (unpaired) electrons. The fourth-order valence-electron chi connectivity index (χ4n) is 2.22. The fourth-order valence-corrected chi connectivity index (χ4v) is 3.52. The van der Waals surface area contributed by atoms with Crippen LogP contribution in [0.3, 0.4) is 0 Å². The average molecular weight is 361 g/mol. The highest BCUT2D eigenvalue weighted by atomic mass is 79.9. The minimum absolute atomic E-state index is 0.718. The first-order valence-corrected chi connectivity index (χ1v) is 8.30. The Hall–Kier alpha value is -1.77. The molecule has 104 valence electrons. The van der Waals surface area contributed by atoms with Crippen LogP contribution in [0.2, 0.25) is 0 Å². The van der Waals surface area contributed by atoms with Gasteiger partial charge in [0.25, 0.3) is 0 Å². The summed E-state index contributed by atoms with van der Waals surface area (Å²) in [6, 6.07) is 19.5. The molecule has 5 heteroatoms. The molecule has 21 heavy (non-hydrogen) atoms. The summed E-state index contributed by atoms with van der Waals surface area (Å²) in [5, 5.41) is 2.10. The average Bonchev–Trinajstić information content (AvgIpc) is 2.50. The van der Waals surface area contributed by atoms with Gasteiger partial charge in [-0.05, 0) is 41.8 Å². The Morgan fingerprint density at radius 2 is 1.43 bits per heavy atom. The molecular weight excluding hydrogens is 351 g/mol. The molecule has 0 saturated carbocycles. The van der Waals surface area contributed by atoms with Crippen LogP contribution in [0.5, 0.6) is 17.2 Å². The van der Waals surface area contributed by atoms with Gasteiger partial charge in [0, 0.05) is 4.47 Å². The molecule has 1 aliphatic heterocycles. The Labute approximate surface area is 131 Å². The van der Waals surface area contributed by atoms with Crippen LogP contribution < -0.4 is 13.6 Å². The van der Waals surface area contributed by atoms with E-state index in [1.54, 1.807) is 0 Å². The first kappa shape index (κ1) is 12.9. The minimum Gasteiger partial charge on any atom is -0.409 e. The summed E-state index contributed by atoms with van der Waals surface area (Å²) in [6.45, 7) is 0. The van der Waals surface area contributed by atoms with Gasteiger partial charge < -0.3 is 13.6 Å². The molecule has 0 fully saturated rings. The molecule has 3 nitrogen and oxygen atoms in total. The van der Waals surface area contributed by atoms with Gasteiger partial charge in [0.1, 0.15) is 17.2 Å². The van der Waals surface area contributed by atoms with Crippen LogP contribution in [-0.2, 0) is 0 Å². The van der Waals surface area contributed by atoms with Crippen molar-refractivity contribution in [2.75, 3.05) is 0 Å². The van der Waals surface area contributed by atoms with E-state index < -0.39 is 8.60 Å². The monoisotopic (exact) mass is 360 g/mol. The molecule has 4 rings (SSSR count). The van der Waals surface area contributed by atoms with Gasteiger partial charge in [-0.1, -0.05) is 40.2 Å². The summed E-state index contributed by atoms with van der Waals surface area (Å²) in [5.74, 6) is 2.33. The highest BCUT2D eigenvalue weighted by Crippen LogP contribution is 2.51. The quantitative estimate of drug-likeness (QED) is 0.550. The molecule has 0 unspecified atom stereocenters. The van der Waals surface area contributed by atoms with Crippen molar-refractivity contribution in [3.05, 3.63) is 65.1 Å². The van der Waals surface area contributed by atoms with Crippen molar-refractivity contribution in [1.29, 1.82) is 0 Å². The smallest absolute Gasteiger partial charge is 0.409 e. The Kier molecular flexibility index (Phi) is 3.21. The van der Waals surface area contributed by atoms with Crippen LogP contribution in [0.15, 0.2) is 65.1 Å². The second-order valence-electron chi connectivity index (χ2n) is 4.56. The van der Waals surface area contributed by atoms with E-state index in [9.17, 15) is 0 Å². The van der Waals surface area contributed by atoms with E-state index in [-0.39, 0.29) is 0 Å². The molecule has 0 amide bonds. The lowest BCUT2D eigenvalue weighted by molar-refractivity contribution is 0.381. The molecule has 0 aliphatic carbocycles. The maximum atomic E-state index is 5.85. The predicted octanol–water partition coefficient (Wildman–Crippen LogP) is 5.68. The van der Waals surface area contributed by atoms with Gasteiger partial charge in [0.05, 0.1) is 5.39 Å². The van der Waals surface area contributed by atoms with E-state index in [4.69, 9.17) is 13.6 Å². The summed E-state index contributed by atoms with van der Waals surface area (Å²) in [4.78, 5) is 0. The third-order valence-corrected chi connectivity index (χ3v) is 4.75. The number of halogens is 1. The first-order valence-electron chi connectivity index (χ1n) is 6.41. The molecule has 0 bridgehead atoms. The maximum Gasteiger partial charge on any atom is 0.530 e. The maximum absolute atomic E-state index is 5.85. The first-order chi connectivity index (χ1) is 10.3. The summed E-state index contributed by atoms with van der Waals surface area (Å²) in [6.07, 6.45) is 0. The zero-order valence-electron chi connectivity index (χ0n) is 10.8. The molecule has 0 spiro atoms. The molecule has 0 saturated heterocycles. The number of rotatable bonds is 2. The van der Waals surface area contributed by atoms with Crippen molar-refractivity contribution in [3.8, 4) is 17.2 Å². The summed E-state index contributed by atoms with van der Waals surface area (Å²) in [5.41, 5.74) is 0. The van der Waals surface area contributed by atoms with Crippen LogP contribution in [0.25, 0.3) is 10.8 Å². The van der Waals surface area contributed by atoms with Gasteiger partial charge in [0.2, 0.25) is 0 Å². The highest BCUT2D eigenvalue weighted by molar-refractivity contribution is 9.10. The van der Waals surface area contributed by atoms with E-state index >= 15 is 0 Å². The zero-order valence-corrected chi connectivity index (χ0v) is 13.3. The van der Waals surface area contributed by atoms with E-state index in [2.05, 4.69) is 15.9 Å². The largest absolute Gasteiger partial charge is 0.530 e. The third kappa shape index (κ3) is 2.45. The zero-order chi connectivity index (χ0) is 14.2. The van der Waals surface area contributed by atoms with Crippen LogP contribution in [0.1, 0.15) is 0 Å². The summed E-state index contributed by atoms with van der Waals surface area (Å²) < 4.78 is 18.5. The summed E-state index contributed by atoms with van der Waals surface area (Å²) in [7, 11) is -1.49. The van der Waals surface area contributed by atoms with Crippen molar-refractivity contribution in [2.24, 2.45) is 0 Å². The van der Waals surface area contributed by atoms with Crippen molar-refractivity contribution < 1.29 is 13.6 Å². The van der Waals surface area contributed by atoms with Crippen LogP contribution in [0.4, 0.5) is 0 Å². The van der Waals surface area contributed by atoms with E-state index in [0.717, 1.165) is 32.5 Å². The van der Waals surface area contributed by atoms with Gasteiger partial charge in [-0.3, -0.25) is 0 Å². The SMILES string of the molecule is Brc1ccc(OP2Oc3cccc4cccc(c34)O2)cc1. The van der Waals surface area contributed by atoms with Crippen molar-refractivity contribution in [3.63, 3.8) is 0 Å². The lowest BCUT2D eigenvalue weighted by Crippen LogP contribution is -2.06. The normalized spacial score (nSPS) is 13.6. The van der Waals surface area contributed by atoms with Crippen LogP contribution >= 0.6 is 24.5 Å². The predicted molar refractivity (Wildman–Crippen MR) is 86.9 cm³/mol. The Morgan fingerprint density at radius 3 is 2.05 bits per heavy atom. The Bertz CT molecular complexity index is 763. The highest BCUT2D eigenvalue weighted by Gasteiger charge is 2.27. The number of hydrogen-bond donors (Lipinski definition) is 0. The van der Waals surface area contributed by atoms with Crippen molar-refractivity contribution >= 4 is 35.3 Å². The molecule has 3 aromatic carbocycles. The topological polar surface area (TPSA) is 27.7 Å². The van der Waals surface area contributed by atoms with Crippen molar-refractivity contribution in [2.45, 2.75) is 0 Å². The Balaban J connectivity index is 1.65. The minimum atomic E-state index is -1.49. The fraction of sp³-hybridized carbons (Fsp3) is 0. The number of benzene rings is 3. The van der Waals surface area contributed by atoms with E-state index in [0.29, 0.717) is 0 Å². The van der Waals surface area contributed by atoms with Crippen LogP contribution in [0, 0.1) is 0 Å². The second kappa shape index (κ2) is 5.21. The van der Waals surface area contributed by atoms with Gasteiger partial charge in [-0.15, -0.1) is 0 Å². The van der Waals surface area contributed by atoms with Gasteiger partial charge in [0.15, 0.2) is 0 Å². The van der Waals surface area contributed by atoms with Gasteiger partial charge in [-0.2, -0.15) is 0 Å². The van der Waals surface area contributed by atoms with Crippen molar-refractivity contribution in [1.82, 2.24) is 0 Å². The third-order valence-electron chi connectivity index (χ3n) is 3.17. The van der Waals surface area contributed by atoms with E-state index in [1.165, 1.54) is 0 Å². The van der Waals surface area contributed by atoms with Gasteiger partial charge >= 0.3 is 8.60 Å². The standard InChI is InChI=1S/C16H10BrO3P/c17-12-7-9-13(10-8-12)18-21-19-14-5-1-3-11-4-2-6-15(20-21)16(11)14/h1-10H. The molecule has 0 atom stereocenters. The van der Waals surface area contributed by atoms with Crippen LogP contribution in [-0.4, -0.2) is 0 Å². The molecule has 1 heterocycles. The molecule has 3 aromatic rings.